The third kappa shape index (κ3) is 6.79. The Bertz CT molecular complexity index is 1050. The maximum Gasteiger partial charge on any atom is 0.331 e. The van der Waals surface area contributed by atoms with Gasteiger partial charge in [0.05, 0.1) is 13.7 Å². The zero-order valence-corrected chi connectivity index (χ0v) is 22.2. The van der Waals surface area contributed by atoms with Gasteiger partial charge in [0.15, 0.2) is 4.75 Å². The van der Waals surface area contributed by atoms with Crippen molar-refractivity contribution < 1.29 is 24.2 Å². The van der Waals surface area contributed by atoms with Crippen molar-refractivity contribution in [1.29, 1.82) is 0 Å². The minimum Gasteiger partial charge on any atom is -0.468 e. The Morgan fingerprint density at radius 2 is 1.67 bits per heavy atom. The fourth-order valence-electron chi connectivity index (χ4n) is 4.08. The van der Waals surface area contributed by atoms with Crippen molar-refractivity contribution in [2.24, 2.45) is 0 Å². The van der Waals surface area contributed by atoms with E-state index in [9.17, 15) is 19.5 Å². The molecule has 1 unspecified atom stereocenters. The van der Waals surface area contributed by atoms with Gasteiger partial charge in [-0.05, 0) is 55.3 Å². The van der Waals surface area contributed by atoms with Crippen molar-refractivity contribution in [1.82, 2.24) is 9.80 Å². The number of hydrogen-bond acceptors (Lipinski definition) is 7. The van der Waals surface area contributed by atoms with Crippen LogP contribution in [0.4, 0.5) is 5.69 Å². The van der Waals surface area contributed by atoms with Crippen LogP contribution in [0.3, 0.4) is 0 Å². The zero-order chi connectivity index (χ0) is 26.3. The predicted molar refractivity (Wildman–Crippen MR) is 143 cm³/mol. The van der Waals surface area contributed by atoms with Crippen LogP contribution in [-0.2, 0) is 20.7 Å². The topological polar surface area (TPSA) is 90.4 Å². The third-order valence-corrected chi connectivity index (χ3v) is 6.91. The van der Waals surface area contributed by atoms with Crippen molar-refractivity contribution >= 4 is 47.7 Å². The molecule has 1 atom stereocenters. The molecular formula is C26H32ClN3O5S. The number of carbonyl (C=O) groups is 3. The van der Waals surface area contributed by atoms with Crippen LogP contribution in [0.5, 0.6) is 0 Å². The number of anilines is 1. The number of halogens is 1. The summed E-state index contributed by atoms with van der Waals surface area (Å²) < 4.78 is 2.97. The molecular weight excluding hydrogens is 502 g/mol. The van der Waals surface area contributed by atoms with Gasteiger partial charge in [0.25, 0.3) is 11.8 Å². The molecule has 2 aromatic carbocycles. The van der Waals surface area contributed by atoms with Gasteiger partial charge in [0, 0.05) is 55.5 Å². The molecule has 2 aromatic rings. The zero-order valence-electron chi connectivity index (χ0n) is 20.5. The van der Waals surface area contributed by atoms with Crippen LogP contribution < -0.4 is 4.90 Å². The predicted octanol–water partition coefficient (Wildman–Crippen LogP) is 2.53. The minimum absolute atomic E-state index is 0.0305. The van der Waals surface area contributed by atoms with E-state index in [1.54, 1.807) is 24.3 Å². The van der Waals surface area contributed by atoms with E-state index in [0.29, 0.717) is 24.3 Å². The molecule has 0 spiro atoms. The fourth-order valence-corrected chi connectivity index (χ4v) is 4.41. The molecule has 2 amide bonds. The van der Waals surface area contributed by atoms with Gasteiger partial charge in [-0.3, -0.25) is 19.3 Å². The van der Waals surface area contributed by atoms with Gasteiger partial charge < -0.3 is 19.6 Å². The Balaban J connectivity index is 1.58. The number of aliphatic hydroxyl groups is 1. The summed E-state index contributed by atoms with van der Waals surface area (Å²) in [5.74, 6) is -1.49. The molecule has 1 saturated heterocycles. The molecule has 0 radical (unpaired) electrons. The number of benzene rings is 2. The van der Waals surface area contributed by atoms with Crippen LogP contribution in [0.15, 0.2) is 48.5 Å². The molecule has 0 saturated carbocycles. The Hall–Kier alpha value is -2.59. The van der Waals surface area contributed by atoms with E-state index in [-0.39, 0.29) is 19.1 Å². The van der Waals surface area contributed by atoms with Crippen molar-refractivity contribution in [3.8, 4) is 0 Å². The highest BCUT2D eigenvalue weighted by atomic mass is 35.5. The molecule has 0 aromatic heterocycles. The Morgan fingerprint density at radius 1 is 1.06 bits per heavy atom. The first kappa shape index (κ1) is 28.0. The van der Waals surface area contributed by atoms with E-state index < -0.39 is 16.6 Å². The van der Waals surface area contributed by atoms with Crippen LogP contribution in [-0.4, -0.2) is 90.4 Å². The SMILES string of the molecule is COC(=O)C(C)(S)C(=O)N(CCO)c1ccc(C(=O)N2CCN(CCc3ccc(Cl)cc3)CC2)cc1. The summed E-state index contributed by atoms with van der Waals surface area (Å²) in [6.45, 7) is 4.79. The molecule has 0 aliphatic carbocycles. The molecule has 1 N–H and O–H groups in total. The van der Waals surface area contributed by atoms with Crippen LogP contribution in [0.2, 0.25) is 5.02 Å². The van der Waals surface area contributed by atoms with Gasteiger partial charge in [-0.25, -0.2) is 0 Å². The summed E-state index contributed by atoms with van der Waals surface area (Å²) in [5.41, 5.74) is 2.18. The van der Waals surface area contributed by atoms with Crippen molar-refractivity contribution in [2.75, 3.05) is 57.9 Å². The quantitative estimate of drug-likeness (QED) is 0.292. The van der Waals surface area contributed by atoms with Gasteiger partial charge in [0.1, 0.15) is 0 Å². The maximum atomic E-state index is 13.0. The molecule has 194 valence electrons. The maximum absolute atomic E-state index is 13.0. The Kier molecular flexibility index (Phi) is 9.78. The molecule has 3 rings (SSSR count). The number of aliphatic hydroxyl groups excluding tert-OH is 1. The number of thiol groups is 1. The lowest BCUT2D eigenvalue weighted by Gasteiger charge is -2.35. The van der Waals surface area contributed by atoms with Crippen LogP contribution in [0.25, 0.3) is 0 Å². The summed E-state index contributed by atoms with van der Waals surface area (Å²) in [5, 5.41) is 10.2. The van der Waals surface area contributed by atoms with Crippen molar-refractivity contribution in [2.45, 2.75) is 18.1 Å². The number of ether oxygens (including phenoxy) is 1. The number of carbonyl (C=O) groups excluding carboxylic acids is 3. The summed E-state index contributed by atoms with van der Waals surface area (Å²) in [4.78, 5) is 43.5. The first-order valence-corrected chi connectivity index (χ1v) is 12.6. The lowest BCUT2D eigenvalue weighted by molar-refractivity contribution is -0.146. The first-order chi connectivity index (χ1) is 17.2. The van der Waals surface area contributed by atoms with Gasteiger partial charge in [-0.15, -0.1) is 0 Å². The fraction of sp³-hybridized carbons (Fsp3) is 0.423. The first-order valence-electron chi connectivity index (χ1n) is 11.8. The number of amides is 2. The highest BCUT2D eigenvalue weighted by Gasteiger charge is 2.42. The number of hydrogen-bond donors (Lipinski definition) is 2. The van der Waals surface area contributed by atoms with E-state index in [1.165, 1.54) is 24.5 Å². The summed E-state index contributed by atoms with van der Waals surface area (Å²) in [6.07, 6.45) is 0.928. The normalized spacial score (nSPS) is 15.8. The number of rotatable bonds is 9. The third-order valence-electron chi connectivity index (χ3n) is 6.28. The van der Waals surface area contributed by atoms with Crippen molar-refractivity contribution in [3.63, 3.8) is 0 Å². The smallest absolute Gasteiger partial charge is 0.331 e. The highest BCUT2D eigenvalue weighted by molar-refractivity contribution is 7.83. The standard InChI is InChI=1S/C26H32ClN3O5S/c1-26(36,25(34)35-2)24(33)30(17-18-31)22-9-5-20(6-10-22)23(32)29-15-13-28(14-16-29)12-11-19-3-7-21(27)8-4-19/h3-10,31,36H,11-18H2,1-2H3. The summed E-state index contributed by atoms with van der Waals surface area (Å²) in [6, 6.07) is 14.4. The average Bonchev–Trinajstić information content (AvgIpc) is 2.90. The number of esters is 1. The van der Waals surface area contributed by atoms with Crippen LogP contribution >= 0.6 is 24.2 Å². The minimum atomic E-state index is -1.72. The molecule has 8 nitrogen and oxygen atoms in total. The second-order valence-electron chi connectivity index (χ2n) is 8.80. The number of nitrogens with zero attached hydrogens (tertiary/aromatic N) is 3. The molecule has 36 heavy (non-hydrogen) atoms. The van der Waals surface area contributed by atoms with Crippen LogP contribution in [0.1, 0.15) is 22.8 Å². The van der Waals surface area contributed by atoms with Gasteiger partial charge in [-0.1, -0.05) is 23.7 Å². The second kappa shape index (κ2) is 12.6. The van der Waals surface area contributed by atoms with Crippen molar-refractivity contribution in [3.05, 3.63) is 64.7 Å². The van der Waals surface area contributed by atoms with Gasteiger partial charge in [0.2, 0.25) is 0 Å². The van der Waals surface area contributed by atoms with Gasteiger partial charge >= 0.3 is 5.97 Å². The Morgan fingerprint density at radius 3 is 2.22 bits per heavy atom. The lowest BCUT2D eigenvalue weighted by Crippen LogP contribution is -2.50. The summed E-state index contributed by atoms with van der Waals surface area (Å²) in [7, 11) is 1.18. The monoisotopic (exact) mass is 533 g/mol. The number of piperazine rings is 1. The average molecular weight is 534 g/mol. The Labute approximate surface area is 222 Å². The van der Waals surface area contributed by atoms with E-state index in [0.717, 1.165) is 31.1 Å². The van der Waals surface area contributed by atoms with E-state index in [4.69, 9.17) is 11.6 Å². The van der Waals surface area contributed by atoms with E-state index in [2.05, 4.69) is 22.3 Å². The van der Waals surface area contributed by atoms with Crippen LogP contribution in [0, 0.1) is 0 Å². The number of methoxy groups -OCH3 is 1. The molecule has 10 heteroatoms. The second-order valence-corrected chi connectivity index (χ2v) is 10.1. The van der Waals surface area contributed by atoms with Gasteiger partial charge in [-0.2, -0.15) is 12.6 Å². The summed E-state index contributed by atoms with van der Waals surface area (Å²) >= 11 is 10.1. The molecule has 1 fully saturated rings. The van der Waals surface area contributed by atoms with E-state index >= 15 is 0 Å². The molecule has 0 bridgehead atoms. The molecule has 1 heterocycles. The lowest BCUT2D eigenvalue weighted by atomic mass is 10.1. The largest absolute Gasteiger partial charge is 0.468 e. The molecule has 1 aliphatic rings. The highest BCUT2D eigenvalue weighted by Crippen LogP contribution is 2.25. The van der Waals surface area contributed by atoms with E-state index in [1.807, 2.05) is 29.2 Å². The molecule has 1 aliphatic heterocycles.